The Bertz CT molecular complexity index is 747. The van der Waals surface area contributed by atoms with E-state index in [1.54, 1.807) is 6.07 Å². The van der Waals surface area contributed by atoms with Crippen molar-refractivity contribution in [2.45, 2.75) is 4.90 Å². The number of rotatable bonds is 4. The molecular formula is C12H9FN2O4S. The molecule has 0 saturated heterocycles. The monoisotopic (exact) mass is 296 g/mol. The zero-order chi connectivity index (χ0) is 14.8. The van der Waals surface area contributed by atoms with E-state index < -0.39 is 32.1 Å². The highest BCUT2D eigenvalue weighted by Crippen LogP contribution is 2.29. The maximum atomic E-state index is 13.4. The van der Waals surface area contributed by atoms with Crippen molar-refractivity contribution in [1.29, 1.82) is 0 Å². The van der Waals surface area contributed by atoms with Gasteiger partial charge in [-0.1, -0.05) is 24.3 Å². The first kappa shape index (κ1) is 13.9. The topological polar surface area (TPSA) is 89.3 Å². The lowest BCUT2D eigenvalue weighted by atomic mass is 10.2. The molecule has 0 aliphatic carbocycles. The number of nitro benzene ring substituents is 1. The van der Waals surface area contributed by atoms with Gasteiger partial charge in [0.25, 0.3) is 10.0 Å². The van der Waals surface area contributed by atoms with Crippen LogP contribution in [0.4, 0.5) is 15.8 Å². The van der Waals surface area contributed by atoms with Gasteiger partial charge >= 0.3 is 5.69 Å². The number of sulfonamides is 1. The summed E-state index contributed by atoms with van der Waals surface area (Å²) in [5, 5.41) is 10.8. The Morgan fingerprint density at radius 3 is 2.30 bits per heavy atom. The number of anilines is 1. The standard InChI is InChI=1S/C12H9FN2O4S/c13-10-7-4-8-11(12(10)15(16)17)14-20(18,19)9-5-2-1-3-6-9/h1-8,14H. The second-order valence-electron chi connectivity index (χ2n) is 3.81. The summed E-state index contributed by atoms with van der Waals surface area (Å²) in [5.41, 5.74) is -1.33. The number of para-hydroxylation sites is 1. The highest BCUT2D eigenvalue weighted by Gasteiger charge is 2.24. The average molecular weight is 296 g/mol. The van der Waals surface area contributed by atoms with E-state index in [-0.39, 0.29) is 4.90 Å². The van der Waals surface area contributed by atoms with Crippen LogP contribution in [0.1, 0.15) is 0 Å². The first-order chi connectivity index (χ1) is 9.42. The van der Waals surface area contributed by atoms with Gasteiger partial charge in [-0.15, -0.1) is 0 Å². The lowest BCUT2D eigenvalue weighted by molar-refractivity contribution is -0.386. The third-order valence-electron chi connectivity index (χ3n) is 2.47. The number of benzene rings is 2. The first-order valence-corrected chi connectivity index (χ1v) is 6.91. The molecule has 0 atom stereocenters. The molecule has 0 aromatic heterocycles. The Labute approximate surface area is 114 Å². The highest BCUT2D eigenvalue weighted by molar-refractivity contribution is 7.92. The number of nitrogens with one attached hydrogen (secondary N) is 1. The SMILES string of the molecule is O=[N+]([O-])c1c(F)cccc1NS(=O)(=O)c1ccccc1. The number of halogens is 1. The van der Waals surface area contributed by atoms with Gasteiger partial charge in [-0.25, -0.2) is 8.42 Å². The van der Waals surface area contributed by atoms with Crippen LogP contribution in [0.15, 0.2) is 53.4 Å². The van der Waals surface area contributed by atoms with E-state index in [1.807, 2.05) is 4.72 Å². The molecule has 0 spiro atoms. The molecule has 0 aliphatic heterocycles. The first-order valence-electron chi connectivity index (χ1n) is 5.42. The van der Waals surface area contributed by atoms with Crippen molar-refractivity contribution < 1.29 is 17.7 Å². The highest BCUT2D eigenvalue weighted by atomic mass is 32.2. The molecule has 20 heavy (non-hydrogen) atoms. The molecule has 0 heterocycles. The van der Waals surface area contributed by atoms with Crippen molar-refractivity contribution in [3.05, 3.63) is 64.5 Å². The summed E-state index contributed by atoms with van der Waals surface area (Å²) >= 11 is 0. The maximum absolute atomic E-state index is 13.4. The Morgan fingerprint density at radius 2 is 1.70 bits per heavy atom. The second kappa shape index (κ2) is 5.25. The Kier molecular flexibility index (Phi) is 3.66. The Balaban J connectivity index is 2.46. The van der Waals surface area contributed by atoms with Crippen LogP contribution in [0.5, 0.6) is 0 Å². The molecule has 8 heteroatoms. The fourth-order valence-electron chi connectivity index (χ4n) is 1.59. The van der Waals surface area contributed by atoms with Gasteiger partial charge in [0.1, 0.15) is 5.69 Å². The Morgan fingerprint density at radius 1 is 1.05 bits per heavy atom. The van der Waals surface area contributed by atoms with Gasteiger partial charge in [-0.3, -0.25) is 14.8 Å². The predicted octanol–water partition coefficient (Wildman–Crippen LogP) is 2.53. The van der Waals surface area contributed by atoms with Crippen LogP contribution in [0, 0.1) is 15.9 Å². The fourth-order valence-corrected chi connectivity index (χ4v) is 2.67. The molecule has 0 aliphatic rings. The summed E-state index contributed by atoms with van der Waals surface area (Å²) < 4.78 is 39.5. The molecule has 6 nitrogen and oxygen atoms in total. The van der Waals surface area contributed by atoms with E-state index in [0.717, 1.165) is 12.1 Å². The van der Waals surface area contributed by atoms with E-state index in [4.69, 9.17) is 0 Å². The number of hydrogen-bond donors (Lipinski definition) is 1. The molecule has 0 saturated carbocycles. The minimum atomic E-state index is -4.01. The van der Waals surface area contributed by atoms with Gasteiger partial charge in [0.15, 0.2) is 0 Å². The van der Waals surface area contributed by atoms with Crippen molar-refractivity contribution >= 4 is 21.4 Å². The lowest BCUT2D eigenvalue weighted by Crippen LogP contribution is -2.14. The summed E-state index contributed by atoms with van der Waals surface area (Å²) in [6, 6.07) is 10.5. The quantitative estimate of drug-likeness (QED) is 0.693. The van der Waals surface area contributed by atoms with Gasteiger partial charge < -0.3 is 0 Å². The zero-order valence-electron chi connectivity index (χ0n) is 9.99. The van der Waals surface area contributed by atoms with E-state index in [1.165, 1.54) is 30.3 Å². The second-order valence-corrected chi connectivity index (χ2v) is 5.49. The van der Waals surface area contributed by atoms with Crippen LogP contribution in [-0.4, -0.2) is 13.3 Å². The van der Waals surface area contributed by atoms with Crippen LogP contribution in [0.25, 0.3) is 0 Å². The van der Waals surface area contributed by atoms with Crippen molar-refractivity contribution in [3.63, 3.8) is 0 Å². The third-order valence-corrected chi connectivity index (χ3v) is 3.85. The number of nitro groups is 1. The number of hydrogen-bond acceptors (Lipinski definition) is 4. The summed E-state index contributed by atoms with van der Waals surface area (Å²) in [4.78, 5) is 9.75. The maximum Gasteiger partial charge on any atom is 0.328 e. The zero-order valence-corrected chi connectivity index (χ0v) is 10.8. The summed E-state index contributed by atoms with van der Waals surface area (Å²) in [6.07, 6.45) is 0. The Hall–Kier alpha value is -2.48. The average Bonchev–Trinajstić information content (AvgIpc) is 2.39. The fraction of sp³-hybridized carbons (Fsp3) is 0. The van der Waals surface area contributed by atoms with Gasteiger partial charge in [-0.05, 0) is 24.3 Å². The molecule has 2 aromatic rings. The predicted molar refractivity (Wildman–Crippen MR) is 70.3 cm³/mol. The van der Waals surface area contributed by atoms with E-state index in [9.17, 15) is 22.9 Å². The van der Waals surface area contributed by atoms with Crippen LogP contribution >= 0.6 is 0 Å². The summed E-state index contributed by atoms with van der Waals surface area (Å²) in [7, 11) is -4.01. The van der Waals surface area contributed by atoms with Crippen LogP contribution in [-0.2, 0) is 10.0 Å². The smallest absolute Gasteiger partial charge is 0.273 e. The summed E-state index contributed by atoms with van der Waals surface area (Å²) in [5.74, 6) is -1.11. The van der Waals surface area contributed by atoms with Gasteiger partial charge in [-0.2, -0.15) is 4.39 Å². The van der Waals surface area contributed by atoms with Gasteiger partial charge in [0, 0.05) is 0 Å². The molecule has 1 N–H and O–H groups in total. The van der Waals surface area contributed by atoms with E-state index in [2.05, 4.69) is 0 Å². The minimum Gasteiger partial charge on any atom is -0.273 e. The van der Waals surface area contributed by atoms with Crippen LogP contribution in [0.2, 0.25) is 0 Å². The van der Waals surface area contributed by atoms with Gasteiger partial charge in [0.05, 0.1) is 9.82 Å². The molecule has 0 amide bonds. The molecule has 0 radical (unpaired) electrons. The number of nitrogens with zero attached hydrogens (tertiary/aromatic N) is 1. The minimum absolute atomic E-state index is 0.0708. The van der Waals surface area contributed by atoms with Crippen LogP contribution in [0.3, 0.4) is 0 Å². The lowest BCUT2D eigenvalue weighted by Gasteiger charge is -2.08. The van der Waals surface area contributed by atoms with Crippen molar-refractivity contribution in [3.8, 4) is 0 Å². The molecular weight excluding hydrogens is 287 g/mol. The van der Waals surface area contributed by atoms with Crippen molar-refractivity contribution in [2.24, 2.45) is 0 Å². The molecule has 2 rings (SSSR count). The van der Waals surface area contributed by atoms with Crippen LogP contribution < -0.4 is 4.72 Å². The molecule has 0 fully saturated rings. The molecule has 0 bridgehead atoms. The van der Waals surface area contributed by atoms with E-state index >= 15 is 0 Å². The van der Waals surface area contributed by atoms with Crippen molar-refractivity contribution in [1.82, 2.24) is 0 Å². The summed E-state index contributed by atoms with van der Waals surface area (Å²) in [6.45, 7) is 0. The normalized spacial score (nSPS) is 11.1. The third kappa shape index (κ3) is 2.75. The molecule has 0 unspecified atom stereocenters. The molecule has 104 valence electrons. The van der Waals surface area contributed by atoms with Crippen molar-refractivity contribution in [2.75, 3.05) is 4.72 Å². The molecule has 2 aromatic carbocycles. The largest absolute Gasteiger partial charge is 0.328 e. The van der Waals surface area contributed by atoms with Gasteiger partial charge in [0.2, 0.25) is 5.82 Å². The van der Waals surface area contributed by atoms with E-state index in [0.29, 0.717) is 0 Å².